The van der Waals surface area contributed by atoms with Crippen molar-refractivity contribution < 1.29 is 0 Å². The van der Waals surface area contributed by atoms with Gasteiger partial charge in [0.05, 0.1) is 0 Å². The van der Waals surface area contributed by atoms with E-state index in [0.29, 0.717) is 11.3 Å². The molecule has 1 nitrogen and oxygen atoms in total. The fraction of sp³-hybridized carbons (Fsp3) is 0.765. The van der Waals surface area contributed by atoms with Crippen LogP contribution in [0.2, 0.25) is 0 Å². The molecule has 2 atom stereocenters. The highest BCUT2D eigenvalue weighted by molar-refractivity contribution is 5.39. The van der Waals surface area contributed by atoms with Crippen LogP contribution < -0.4 is 5.32 Å². The van der Waals surface area contributed by atoms with E-state index in [2.05, 4.69) is 33.0 Å². The van der Waals surface area contributed by atoms with Crippen LogP contribution in [0.25, 0.3) is 0 Å². The second-order valence-electron chi connectivity index (χ2n) is 7.42. The van der Waals surface area contributed by atoms with E-state index in [4.69, 9.17) is 0 Å². The maximum Gasteiger partial charge on any atom is 0.0151 e. The number of allylic oxidation sites excluding steroid dienone is 4. The molecule has 3 rings (SSSR count). The van der Waals surface area contributed by atoms with Crippen LogP contribution in [0.15, 0.2) is 22.5 Å². The second-order valence-corrected chi connectivity index (χ2v) is 7.42. The third kappa shape index (κ3) is 1.92. The van der Waals surface area contributed by atoms with Gasteiger partial charge in [0.1, 0.15) is 0 Å². The smallest absolute Gasteiger partial charge is 0.0151 e. The molecular weight excluding hydrogens is 218 g/mol. The minimum atomic E-state index is 0.490. The molecule has 1 aliphatic heterocycles. The molecule has 0 fully saturated rings. The number of hydrogen-bond donors (Lipinski definition) is 1. The Labute approximate surface area is 112 Å². The quantitative estimate of drug-likeness (QED) is 0.648. The molecule has 0 saturated heterocycles. The van der Waals surface area contributed by atoms with Crippen molar-refractivity contribution in [3.8, 4) is 0 Å². The van der Waals surface area contributed by atoms with Crippen molar-refractivity contribution in [2.24, 2.45) is 17.3 Å². The molecule has 3 aliphatic rings. The molecule has 1 N–H and O–H groups in total. The molecule has 2 unspecified atom stereocenters. The topological polar surface area (TPSA) is 12.0 Å². The molecule has 18 heavy (non-hydrogen) atoms. The Morgan fingerprint density at radius 3 is 2.67 bits per heavy atom. The monoisotopic (exact) mass is 245 g/mol. The van der Waals surface area contributed by atoms with Gasteiger partial charge in [-0.15, -0.1) is 0 Å². The molecule has 0 aromatic carbocycles. The molecule has 0 aromatic rings. The Bertz CT molecular complexity index is 425. The highest BCUT2D eigenvalue weighted by Crippen LogP contribution is 2.47. The largest absolute Gasteiger partial charge is 0.362 e. The predicted octanol–water partition coefficient (Wildman–Crippen LogP) is 4.76. The van der Waals surface area contributed by atoms with Gasteiger partial charge in [-0.05, 0) is 61.0 Å². The molecule has 100 valence electrons. The summed E-state index contributed by atoms with van der Waals surface area (Å²) < 4.78 is 0. The zero-order valence-corrected chi connectivity index (χ0v) is 12.4. The Morgan fingerprint density at radius 1 is 1.11 bits per heavy atom. The van der Waals surface area contributed by atoms with Crippen molar-refractivity contribution in [2.75, 3.05) is 0 Å². The van der Waals surface area contributed by atoms with E-state index in [-0.39, 0.29) is 0 Å². The highest BCUT2D eigenvalue weighted by atomic mass is 14.9. The molecule has 0 radical (unpaired) electrons. The maximum absolute atomic E-state index is 3.83. The van der Waals surface area contributed by atoms with Gasteiger partial charge in [0.15, 0.2) is 0 Å². The normalized spacial score (nSPS) is 34.9. The molecule has 0 aromatic heterocycles. The number of hydrogen-bond acceptors (Lipinski definition) is 1. The van der Waals surface area contributed by atoms with Crippen molar-refractivity contribution >= 4 is 0 Å². The van der Waals surface area contributed by atoms with Crippen LogP contribution in [0.1, 0.15) is 66.2 Å². The average molecular weight is 245 g/mol. The Morgan fingerprint density at radius 2 is 1.89 bits per heavy atom. The van der Waals surface area contributed by atoms with E-state index in [1.54, 1.807) is 22.5 Å². The molecule has 1 heteroatoms. The molecule has 0 spiro atoms. The fourth-order valence-electron chi connectivity index (χ4n) is 4.28. The summed E-state index contributed by atoms with van der Waals surface area (Å²) in [6.07, 6.45) is 7.94. The van der Waals surface area contributed by atoms with Crippen molar-refractivity contribution in [1.29, 1.82) is 0 Å². The first kappa shape index (κ1) is 12.3. The first-order chi connectivity index (χ1) is 8.48. The van der Waals surface area contributed by atoms with E-state index in [1.807, 2.05) is 0 Å². The van der Waals surface area contributed by atoms with Crippen LogP contribution in [0.5, 0.6) is 0 Å². The molecule has 1 heterocycles. The summed E-state index contributed by atoms with van der Waals surface area (Å²) in [6, 6.07) is 0. The SMILES string of the molecule is CC1CCCC2=C1C(C)C1=C(CC(C)(C)CC1)N2. The first-order valence-electron chi connectivity index (χ1n) is 7.70. The van der Waals surface area contributed by atoms with Gasteiger partial charge in [-0.1, -0.05) is 27.7 Å². The van der Waals surface area contributed by atoms with Gasteiger partial charge in [0.2, 0.25) is 0 Å². The molecule has 2 aliphatic carbocycles. The van der Waals surface area contributed by atoms with Gasteiger partial charge >= 0.3 is 0 Å². The lowest BCUT2D eigenvalue weighted by Crippen LogP contribution is -2.35. The molecule has 0 bridgehead atoms. The van der Waals surface area contributed by atoms with Crippen LogP contribution in [0.3, 0.4) is 0 Å². The Balaban J connectivity index is 1.93. The molecule has 0 amide bonds. The lowest BCUT2D eigenvalue weighted by atomic mass is 9.68. The molecular formula is C17H27N. The summed E-state index contributed by atoms with van der Waals surface area (Å²) in [7, 11) is 0. The number of rotatable bonds is 0. The maximum atomic E-state index is 3.83. The van der Waals surface area contributed by atoms with Crippen molar-refractivity contribution in [3.05, 3.63) is 22.5 Å². The molecule has 0 saturated carbocycles. The second kappa shape index (κ2) is 4.15. The zero-order valence-electron chi connectivity index (χ0n) is 12.4. The van der Waals surface area contributed by atoms with Gasteiger partial charge in [0.25, 0.3) is 0 Å². The van der Waals surface area contributed by atoms with Gasteiger partial charge in [-0.2, -0.15) is 0 Å². The van der Waals surface area contributed by atoms with Gasteiger partial charge in [-0.3, -0.25) is 0 Å². The van der Waals surface area contributed by atoms with Gasteiger partial charge < -0.3 is 5.32 Å². The van der Waals surface area contributed by atoms with Crippen molar-refractivity contribution in [3.63, 3.8) is 0 Å². The van der Waals surface area contributed by atoms with E-state index >= 15 is 0 Å². The Hall–Kier alpha value is -0.720. The van der Waals surface area contributed by atoms with E-state index in [0.717, 1.165) is 5.92 Å². The summed E-state index contributed by atoms with van der Waals surface area (Å²) in [5.74, 6) is 1.50. The summed E-state index contributed by atoms with van der Waals surface area (Å²) >= 11 is 0. The van der Waals surface area contributed by atoms with E-state index in [9.17, 15) is 0 Å². The summed E-state index contributed by atoms with van der Waals surface area (Å²) in [6.45, 7) is 9.70. The summed E-state index contributed by atoms with van der Waals surface area (Å²) in [4.78, 5) is 0. The highest BCUT2D eigenvalue weighted by Gasteiger charge is 2.36. The lowest BCUT2D eigenvalue weighted by molar-refractivity contribution is 0.290. The fourth-order valence-corrected chi connectivity index (χ4v) is 4.28. The standard InChI is InChI=1S/C17H27N/c1-11-6-5-7-14-16(11)12(2)13-8-9-17(3,4)10-15(13)18-14/h11-12,18H,5-10H2,1-4H3. The minimum Gasteiger partial charge on any atom is -0.362 e. The Kier molecular flexibility index (Phi) is 2.84. The van der Waals surface area contributed by atoms with Crippen molar-refractivity contribution in [1.82, 2.24) is 5.32 Å². The predicted molar refractivity (Wildman–Crippen MR) is 77.0 cm³/mol. The third-order valence-electron chi connectivity index (χ3n) is 5.35. The van der Waals surface area contributed by atoms with Gasteiger partial charge in [-0.25, -0.2) is 0 Å². The number of nitrogens with one attached hydrogen (secondary N) is 1. The summed E-state index contributed by atoms with van der Waals surface area (Å²) in [5, 5.41) is 3.83. The first-order valence-corrected chi connectivity index (χ1v) is 7.70. The van der Waals surface area contributed by atoms with E-state index < -0.39 is 0 Å². The lowest BCUT2D eigenvalue weighted by Gasteiger charge is -2.43. The zero-order chi connectivity index (χ0) is 12.9. The van der Waals surface area contributed by atoms with Crippen LogP contribution in [-0.4, -0.2) is 0 Å². The van der Waals surface area contributed by atoms with Crippen molar-refractivity contribution in [2.45, 2.75) is 66.2 Å². The van der Waals surface area contributed by atoms with Crippen LogP contribution >= 0.6 is 0 Å². The van der Waals surface area contributed by atoms with E-state index in [1.165, 1.54) is 38.5 Å². The van der Waals surface area contributed by atoms with Gasteiger partial charge in [0, 0.05) is 17.3 Å². The van der Waals surface area contributed by atoms with Crippen LogP contribution in [-0.2, 0) is 0 Å². The third-order valence-corrected chi connectivity index (χ3v) is 5.35. The summed E-state index contributed by atoms with van der Waals surface area (Å²) in [5.41, 5.74) is 7.11. The van der Waals surface area contributed by atoms with Crippen LogP contribution in [0, 0.1) is 17.3 Å². The van der Waals surface area contributed by atoms with Crippen LogP contribution in [0.4, 0.5) is 0 Å². The average Bonchev–Trinajstić information content (AvgIpc) is 2.27. The number of dihydropyridines is 1. The minimum absolute atomic E-state index is 0.490.